The summed E-state index contributed by atoms with van der Waals surface area (Å²) in [4.78, 5) is 30.8. The summed E-state index contributed by atoms with van der Waals surface area (Å²) in [6.45, 7) is 4.53. The van der Waals surface area contributed by atoms with Gasteiger partial charge in [0.2, 0.25) is 5.91 Å². The maximum atomic E-state index is 13.3. The fourth-order valence-electron chi connectivity index (χ4n) is 4.31. The number of benzene rings is 1. The second kappa shape index (κ2) is 8.18. The number of amides is 1. The Balaban J connectivity index is 1.26. The van der Waals surface area contributed by atoms with Gasteiger partial charge in [-0.1, -0.05) is 18.2 Å². The molecule has 1 aromatic carbocycles. The molecule has 1 saturated carbocycles. The van der Waals surface area contributed by atoms with E-state index in [0.29, 0.717) is 37.8 Å². The molecule has 1 saturated heterocycles. The van der Waals surface area contributed by atoms with Crippen LogP contribution in [0.2, 0.25) is 0 Å². The maximum Gasteiger partial charge on any atom is 0.233 e. The first-order chi connectivity index (χ1) is 15.5. The summed E-state index contributed by atoms with van der Waals surface area (Å²) in [6, 6.07) is 14.0. The first kappa shape index (κ1) is 20.4. The summed E-state index contributed by atoms with van der Waals surface area (Å²) in [5, 5.41) is 3.22. The van der Waals surface area contributed by atoms with Gasteiger partial charge < -0.3 is 15.1 Å². The van der Waals surface area contributed by atoms with Crippen molar-refractivity contribution in [1.29, 1.82) is 0 Å². The Morgan fingerprint density at radius 3 is 2.41 bits per heavy atom. The molecule has 8 heteroatoms. The van der Waals surface area contributed by atoms with Gasteiger partial charge in [0.15, 0.2) is 0 Å². The van der Waals surface area contributed by atoms with E-state index in [4.69, 9.17) is 0 Å². The van der Waals surface area contributed by atoms with Crippen molar-refractivity contribution < 1.29 is 9.18 Å². The summed E-state index contributed by atoms with van der Waals surface area (Å²) in [7, 11) is 0. The molecule has 2 aliphatic rings. The summed E-state index contributed by atoms with van der Waals surface area (Å²) in [6.07, 6.45) is 3.38. The summed E-state index contributed by atoms with van der Waals surface area (Å²) in [5.41, 5.74) is 0.448. The molecule has 0 unspecified atom stereocenters. The molecule has 0 atom stereocenters. The fourth-order valence-corrected chi connectivity index (χ4v) is 4.31. The van der Waals surface area contributed by atoms with Gasteiger partial charge in [-0.25, -0.2) is 19.3 Å². The van der Waals surface area contributed by atoms with Crippen LogP contribution in [-0.2, 0) is 10.2 Å². The number of aromatic nitrogens is 3. The highest BCUT2D eigenvalue weighted by molar-refractivity contribution is 5.91. The van der Waals surface area contributed by atoms with E-state index in [1.54, 1.807) is 18.3 Å². The van der Waals surface area contributed by atoms with Crippen LogP contribution in [0.25, 0.3) is 0 Å². The summed E-state index contributed by atoms with van der Waals surface area (Å²) >= 11 is 0. The minimum absolute atomic E-state index is 0.153. The number of halogens is 1. The number of pyridine rings is 1. The SMILES string of the molecule is Cc1nc(Nc2ccccn2)cc(N2CCN(C(=O)C3(c4ccc(F)cc4)CC3)CC2)n1. The lowest BCUT2D eigenvalue weighted by atomic mass is 9.94. The van der Waals surface area contributed by atoms with Crippen molar-refractivity contribution in [3.63, 3.8) is 0 Å². The molecule has 3 aromatic rings. The zero-order valence-electron chi connectivity index (χ0n) is 18.0. The molecule has 5 rings (SSSR count). The van der Waals surface area contributed by atoms with Gasteiger partial charge in [-0.05, 0) is 49.6 Å². The number of nitrogens with zero attached hydrogens (tertiary/aromatic N) is 5. The number of piperazine rings is 1. The molecule has 2 fully saturated rings. The van der Waals surface area contributed by atoms with Crippen LogP contribution in [0.1, 0.15) is 24.2 Å². The molecule has 1 N–H and O–H groups in total. The Kier molecular flexibility index (Phi) is 5.20. The number of hydrogen-bond donors (Lipinski definition) is 1. The number of rotatable bonds is 5. The molecule has 1 aliphatic heterocycles. The van der Waals surface area contributed by atoms with Gasteiger partial charge >= 0.3 is 0 Å². The molecule has 164 valence electrons. The first-order valence-electron chi connectivity index (χ1n) is 10.9. The number of anilines is 3. The van der Waals surface area contributed by atoms with E-state index in [-0.39, 0.29) is 11.7 Å². The monoisotopic (exact) mass is 432 g/mol. The molecular weight excluding hydrogens is 407 g/mol. The predicted octanol–water partition coefficient (Wildman–Crippen LogP) is 3.44. The topological polar surface area (TPSA) is 74.2 Å². The maximum absolute atomic E-state index is 13.3. The van der Waals surface area contributed by atoms with E-state index in [2.05, 4.69) is 25.2 Å². The van der Waals surface area contributed by atoms with Crippen molar-refractivity contribution in [2.45, 2.75) is 25.2 Å². The Hall–Kier alpha value is -3.55. The van der Waals surface area contributed by atoms with E-state index >= 15 is 0 Å². The van der Waals surface area contributed by atoms with Gasteiger partial charge in [-0.2, -0.15) is 0 Å². The van der Waals surface area contributed by atoms with Gasteiger partial charge in [0.1, 0.15) is 29.1 Å². The molecule has 0 bridgehead atoms. The first-order valence-corrected chi connectivity index (χ1v) is 10.9. The van der Waals surface area contributed by atoms with Crippen LogP contribution in [-0.4, -0.2) is 51.9 Å². The second-order valence-corrected chi connectivity index (χ2v) is 8.37. The van der Waals surface area contributed by atoms with Gasteiger partial charge in [-0.3, -0.25) is 4.79 Å². The second-order valence-electron chi connectivity index (χ2n) is 8.37. The third-order valence-electron chi connectivity index (χ3n) is 6.19. The van der Waals surface area contributed by atoms with Crippen molar-refractivity contribution in [3.05, 3.63) is 71.9 Å². The van der Waals surface area contributed by atoms with E-state index in [1.165, 1.54) is 12.1 Å². The highest BCUT2D eigenvalue weighted by Gasteiger charge is 2.53. The van der Waals surface area contributed by atoms with Gasteiger partial charge in [0, 0.05) is 38.4 Å². The largest absolute Gasteiger partial charge is 0.353 e. The van der Waals surface area contributed by atoms with Gasteiger partial charge in [0.25, 0.3) is 0 Å². The minimum Gasteiger partial charge on any atom is -0.353 e. The normalized spacial score (nSPS) is 17.2. The minimum atomic E-state index is -0.471. The number of nitrogens with one attached hydrogen (secondary N) is 1. The third kappa shape index (κ3) is 4.00. The fraction of sp³-hybridized carbons (Fsp3) is 0.333. The van der Waals surface area contributed by atoms with Gasteiger partial charge in [-0.15, -0.1) is 0 Å². The van der Waals surface area contributed by atoms with Crippen LogP contribution in [0, 0.1) is 12.7 Å². The average Bonchev–Trinajstić information content (AvgIpc) is 3.61. The summed E-state index contributed by atoms with van der Waals surface area (Å²) in [5.74, 6) is 2.80. The van der Waals surface area contributed by atoms with Crippen molar-refractivity contribution in [2.24, 2.45) is 0 Å². The van der Waals surface area contributed by atoms with Crippen molar-refractivity contribution in [3.8, 4) is 0 Å². The lowest BCUT2D eigenvalue weighted by Crippen LogP contribution is -2.51. The van der Waals surface area contributed by atoms with E-state index in [9.17, 15) is 9.18 Å². The molecule has 1 amide bonds. The standard InChI is InChI=1S/C24H25FN6O/c1-17-27-21(29-20-4-2-3-11-26-20)16-22(28-17)30-12-14-31(15-13-30)23(32)24(9-10-24)18-5-7-19(25)8-6-18/h2-8,11,16H,9-10,12-15H2,1H3,(H,26,27,28,29). The molecular formula is C24H25FN6O. The van der Waals surface area contributed by atoms with Crippen molar-refractivity contribution in [2.75, 3.05) is 36.4 Å². The summed E-state index contributed by atoms with van der Waals surface area (Å²) < 4.78 is 13.3. The quantitative estimate of drug-likeness (QED) is 0.666. The predicted molar refractivity (Wildman–Crippen MR) is 120 cm³/mol. The van der Waals surface area contributed by atoms with Crippen LogP contribution in [0.5, 0.6) is 0 Å². The Labute approximate surface area is 186 Å². The van der Waals surface area contributed by atoms with Crippen LogP contribution >= 0.6 is 0 Å². The molecule has 3 heterocycles. The zero-order chi connectivity index (χ0) is 22.1. The highest BCUT2D eigenvalue weighted by Crippen LogP contribution is 2.49. The Morgan fingerprint density at radius 2 is 1.75 bits per heavy atom. The molecule has 32 heavy (non-hydrogen) atoms. The van der Waals surface area contributed by atoms with Crippen LogP contribution in [0.4, 0.5) is 21.8 Å². The van der Waals surface area contributed by atoms with Crippen molar-refractivity contribution >= 4 is 23.4 Å². The Morgan fingerprint density at radius 1 is 1.00 bits per heavy atom. The lowest BCUT2D eigenvalue weighted by Gasteiger charge is -2.37. The van der Waals surface area contributed by atoms with Crippen molar-refractivity contribution in [1.82, 2.24) is 19.9 Å². The van der Waals surface area contributed by atoms with E-state index in [0.717, 1.165) is 30.0 Å². The number of hydrogen-bond acceptors (Lipinski definition) is 6. The molecule has 1 aliphatic carbocycles. The lowest BCUT2D eigenvalue weighted by molar-refractivity contribution is -0.134. The molecule has 2 aromatic heterocycles. The number of carbonyl (C=O) groups excluding carboxylic acids is 1. The van der Waals surface area contributed by atoms with E-state index in [1.807, 2.05) is 36.1 Å². The van der Waals surface area contributed by atoms with E-state index < -0.39 is 5.41 Å². The van der Waals surface area contributed by atoms with Crippen LogP contribution in [0.3, 0.4) is 0 Å². The smallest absolute Gasteiger partial charge is 0.233 e. The molecule has 0 spiro atoms. The molecule has 0 radical (unpaired) electrons. The highest BCUT2D eigenvalue weighted by atomic mass is 19.1. The van der Waals surface area contributed by atoms with Gasteiger partial charge in [0.05, 0.1) is 5.41 Å². The number of carbonyl (C=O) groups is 1. The zero-order valence-corrected chi connectivity index (χ0v) is 18.0. The van der Waals surface area contributed by atoms with Crippen LogP contribution in [0.15, 0.2) is 54.7 Å². The average molecular weight is 433 g/mol. The Bertz CT molecular complexity index is 1110. The third-order valence-corrected chi connectivity index (χ3v) is 6.19. The number of aryl methyl sites for hydroxylation is 1. The van der Waals surface area contributed by atoms with Crippen LogP contribution < -0.4 is 10.2 Å². The molecule has 7 nitrogen and oxygen atoms in total.